The second-order valence-corrected chi connectivity index (χ2v) is 7.84. The van der Waals surface area contributed by atoms with E-state index < -0.39 is 0 Å². The normalized spacial score (nSPS) is 19.1. The minimum atomic E-state index is -0.0631. The lowest BCUT2D eigenvalue weighted by Gasteiger charge is -2.36. The molecule has 0 unspecified atom stereocenters. The van der Waals surface area contributed by atoms with Gasteiger partial charge in [0.05, 0.1) is 39.4 Å². The molecule has 1 amide bonds. The van der Waals surface area contributed by atoms with Crippen LogP contribution in [0, 0.1) is 0 Å². The third kappa shape index (κ3) is 4.89. The summed E-state index contributed by atoms with van der Waals surface area (Å²) in [6.07, 6.45) is 0. The number of hydrogen-bond acceptors (Lipinski definition) is 4. The first kappa shape index (κ1) is 19.7. The number of carbonyl (C=O) groups is 1. The quantitative estimate of drug-likeness (QED) is 0.800. The van der Waals surface area contributed by atoms with Crippen LogP contribution in [0.4, 0.5) is 17.1 Å². The van der Waals surface area contributed by atoms with Gasteiger partial charge in [-0.25, -0.2) is 0 Å². The zero-order chi connectivity index (χ0) is 20.1. The number of piperazine rings is 1. The second-order valence-electron chi connectivity index (χ2n) is 7.84. The van der Waals surface area contributed by atoms with Crippen molar-refractivity contribution >= 4 is 23.0 Å². The summed E-state index contributed by atoms with van der Waals surface area (Å²) in [5.41, 5.74) is 3.31. The fourth-order valence-electron chi connectivity index (χ4n) is 4.14. The molecule has 2 heterocycles. The average molecular weight is 396 g/mol. The molecule has 1 atom stereocenters. The molecule has 6 nitrogen and oxygen atoms in total. The topological polar surface area (TPSA) is 49.3 Å². The lowest BCUT2D eigenvalue weighted by Crippen LogP contribution is -3.19. The van der Waals surface area contributed by atoms with Crippen LogP contribution in [0.1, 0.15) is 6.92 Å². The molecule has 2 aromatic carbocycles. The Hall–Kier alpha value is -2.57. The van der Waals surface area contributed by atoms with E-state index in [1.165, 1.54) is 16.3 Å². The number of nitrogens with one attached hydrogen (secondary N) is 2. The third-order valence-electron chi connectivity index (χ3n) is 6.04. The van der Waals surface area contributed by atoms with Gasteiger partial charge in [-0.1, -0.05) is 18.2 Å². The Bertz CT molecular complexity index is 782. The van der Waals surface area contributed by atoms with Gasteiger partial charge in [0.15, 0.2) is 6.04 Å². The van der Waals surface area contributed by atoms with Crippen molar-refractivity contribution in [2.45, 2.75) is 13.0 Å². The van der Waals surface area contributed by atoms with Crippen molar-refractivity contribution < 1.29 is 14.4 Å². The van der Waals surface area contributed by atoms with Crippen LogP contribution in [0.25, 0.3) is 0 Å². The SMILES string of the molecule is C[C@@H](C(=O)Nc1ccc(N2CCOCC2)cc1)[NH+]1CCN(c2ccccc2)CC1. The van der Waals surface area contributed by atoms with Gasteiger partial charge >= 0.3 is 0 Å². The Morgan fingerprint density at radius 3 is 2.14 bits per heavy atom. The number of carbonyl (C=O) groups excluding carboxylic acids is 1. The molecule has 0 spiro atoms. The molecule has 6 heteroatoms. The molecule has 0 saturated carbocycles. The standard InChI is InChI=1S/C23H30N4O2/c1-19(25-11-13-26(14-12-25)21-5-3-2-4-6-21)23(28)24-20-7-9-22(10-8-20)27-15-17-29-18-16-27/h2-10,19H,11-18H2,1H3,(H,24,28)/p+1/t19-/m0/s1. The molecule has 0 bridgehead atoms. The fraction of sp³-hybridized carbons (Fsp3) is 0.435. The summed E-state index contributed by atoms with van der Waals surface area (Å²) in [6.45, 7) is 9.31. The maximum absolute atomic E-state index is 12.8. The minimum absolute atomic E-state index is 0.0631. The summed E-state index contributed by atoms with van der Waals surface area (Å²) < 4.78 is 5.41. The zero-order valence-corrected chi connectivity index (χ0v) is 17.1. The van der Waals surface area contributed by atoms with Crippen molar-refractivity contribution in [1.82, 2.24) is 0 Å². The molecule has 2 fully saturated rings. The number of benzene rings is 2. The highest BCUT2D eigenvalue weighted by atomic mass is 16.5. The van der Waals surface area contributed by atoms with Crippen molar-refractivity contribution in [1.29, 1.82) is 0 Å². The number of para-hydroxylation sites is 1. The van der Waals surface area contributed by atoms with Gasteiger partial charge in [-0.3, -0.25) is 4.79 Å². The van der Waals surface area contributed by atoms with Crippen LogP contribution < -0.4 is 20.0 Å². The van der Waals surface area contributed by atoms with Crippen LogP contribution in [0.5, 0.6) is 0 Å². The van der Waals surface area contributed by atoms with Gasteiger partial charge < -0.3 is 24.8 Å². The first-order valence-corrected chi connectivity index (χ1v) is 10.6. The minimum Gasteiger partial charge on any atom is -0.378 e. The summed E-state index contributed by atoms with van der Waals surface area (Å²) >= 11 is 0. The van der Waals surface area contributed by atoms with Crippen molar-refractivity contribution in [3.05, 3.63) is 54.6 Å². The molecule has 2 aliphatic heterocycles. The Balaban J connectivity index is 1.28. The van der Waals surface area contributed by atoms with Gasteiger partial charge in [-0.15, -0.1) is 0 Å². The van der Waals surface area contributed by atoms with Gasteiger partial charge in [0.1, 0.15) is 0 Å². The van der Waals surface area contributed by atoms with Crippen LogP contribution in [-0.2, 0) is 9.53 Å². The van der Waals surface area contributed by atoms with Crippen molar-refractivity contribution in [3.63, 3.8) is 0 Å². The third-order valence-corrected chi connectivity index (χ3v) is 6.04. The molecule has 0 radical (unpaired) electrons. The number of morpholine rings is 1. The molecule has 2 N–H and O–H groups in total. The molecular weight excluding hydrogens is 364 g/mol. The van der Waals surface area contributed by atoms with Gasteiger partial charge in [0, 0.05) is 30.2 Å². The van der Waals surface area contributed by atoms with E-state index in [0.717, 1.165) is 58.2 Å². The van der Waals surface area contributed by atoms with E-state index in [-0.39, 0.29) is 11.9 Å². The molecule has 2 aromatic rings. The molecule has 29 heavy (non-hydrogen) atoms. The van der Waals surface area contributed by atoms with E-state index in [4.69, 9.17) is 4.74 Å². The van der Waals surface area contributed by atoms with E-state index in [1.54, 1.807) is 0 Å². The van der Waals surface area contributed by atoms with E-state index in [0.29, 0.717) is 0 Å². The smallest absolute Gasteiger partial charge is 0.282 e. The first-order valence-electron chi connectivity index (χ1n) is 10.6. The number of nitrogens with zero attached hydrogens (tertiary/aromatic N) is 2. The van der Waals surface area contributed by atoms with Gasteiger partial charge in [-0.05, 0) is 43.3 Å². The van der Waals surface area contributed by atoms with Crippen molar-refractivity contribution in [2.24, 2.45) is 0 Å². The highest BCUT2D eigenvalue weighted by Gasteiger charge is 2.29. The Kier molecular flexibility index (Phi) is 6.32. The average Bonchev–Trinajstić information content (AvgIpc) is 2.80. The fourth-order valence-corrected chi connectivity index (χ4v) is 4.14. The van der Waals surface area contributed by atoms with Crippen molar-refractivity contribution in [2.75, 3.05) is 67.6 Å². The molecule has 154 valence electrons. The van der Waals surface area contributed by atoms with Gasteiger partial charge in [-0.2, -0.15) is 0 Å². The summed E-state index contributed by atoms with van der Waals surface area (Å²) in [7, 11) is 0. The van der Waals surface area contributed by atoms with Crippen molar-refractivity contribution in [3.8, 4) is 0 Å². The number of anilines is 3. The maximum Gasteiger partial charge on any atom is 0.282 e. The summed E-state index contributed by atoms with van der Waals surface area (Å²) in [5.74, 6) is 0.0901. The molecular formula is C23H31N4O2+. The van der Waals surface area contributed by atoms with E-state index in [2.05, 4.69) is 51.5 Å². The predicted molar refractivity (Wildman–Crippen MR) is 117 cm³/mol. The Morgan fingerprint density at radius 2 is 1.48 bits per heavy atom. The van der Waals surface area contributed by atoms with Crippen LogP contribution in [0.15, 0.2) is 54.6 Å². The van der Waals surface area contributed by atoms with Crippen LogP contribution in [-0.4, -0.2) is 64.4 Å². The molecule has 0 aromatic heterocycles. The number of ether oxygens (including phenoxy) is 1. The van der Waals surface area contributed by atoms with E-state index >= 15 is 0 Å². The largest absolute Gasteiger partial charge is 0.378 e. The maximum atomic E-state index is 12.8. The zero-order valence-electron chi connectivity index (χ0n) is 17.1. The predicted octanol–water partition coefficient (Wildman–Crippen LogP) is 1.26. The summed E-state index contributed by atoms with van der Waals surface area (Å²) in [4.78, 5) is 18.8. The Morgan fingerprint density at radius 1 is 0.897 bits per heavy atom. The number of amides is 1. The van der Waals surface area contributed by atoms with Gasteiger partial charge in [0.2, 0.25) is 0 Å². The molecule has 2 aliphatic rings. The number of quaternary nitrogens is 1. The number of rotatable bonds is 5. The second kappa shape index (κ2) is 9.29. The van der Waals surface area contributed by atoms with E-state index in [9.17, 15) is 4.79 Å². The molecule has 2 saturated heterocycles. The summed E-state index contributed by atoms with van der Waals surface area (Å²) in [6, 6.07) is 18.6. The monoisotopic (exact) mass is 395 g/mol. The van der Waals surface area contributed by atoms with Crippen LogP contribution in [0.3, 0.4) is 0 Å². The highest BCUT2D eigenvalue weighted by molar-refractivity contribution is 5.93. The first-order chi connectivity index (χ1) is 14.2. The van der Waals surface area contributed by atoms with E-state index in [1.807, 2.05) is 25.1 Å². The lowest BCUT2D eigenvalue weighted by molar-refractivity contribution is -0.914. The number of hydrogen-bond donors (Lipinski definition) is 2. The van der Waals surface area contributed by atoms with Crippen LogP contribution in [0.2, 0.25) is 0 Å². The summed E-state index contributed by atoms with van der Waals surface area (Å²) in [5, 5.41) is 3.10. The van der Waals surface area contributed by atoms with Crippen LogP contribution >= 0.6 is 0 Å². The Labute approximate surface area is 173 Å². The molecule has 0 aliphatic carbocycles. The highest BCUT2D eigenvalue weighted by Crippen LogP contribution is 2.19. The molecule has 4 rings (SSSR count). The van der Waals surface area contributed by atoms with Gasteiger partial charge in [0.25, 0.3) is 5.91 Å². The lowest BCUT2D eigenvalue weighted by atomic mass is 10.2.